The molecule has 6 heteroatoms. The number of ether oxygens (including phenoxy) is 5. The van der Waals surface area contributed by atoms with Crippen molar-refractivity contribution in [3.05, 3.63) is 12.7 Å². The smallest absolute Gasteiger partial charge is 0.169 e. The molecule has 0 aromatic heterocycles. The van der Waals surface area contributed by atoms with Crippen molar-refractivity contribution >= 4 is 0 Å². The Morgan fingerprint density at radius 3 is 2.40 bits per heavy atom. The third kappa shape index (κ3) is 3.29. The number of hydrogen-bond donors (Lipinski definition) is 1. The van der Waals surface area contributed by atoms with Crippen molar-refractivity contribution < 1.29 is 28.8 Å². The number of rotatable bonds is 3. The molecule has 0 radical (unpaired) electrons. The first kappa shape index (κ1) is 17.9. The minimum absolute atomic E-state index is 0.232. The Labute approximate surface area is 149 Å². The molecule has 0 amide bonds. The maximum atomic E-state index is 10.8. The van der Waals surface area contributed by atoms with Gasteiger partial charge >= 0.3 is 0 Å². The van der Waals surface area contributed by atoms with E-state index in [1.54, 1.807) is 6.08 Å². The van der Waals surface area contributed by atoms with E-state index >= 15 is 0 Å². The summed E-state index contributed by atoms with van der Waals surface area (Å²) in [6.45, 7) is 8.04. The minimum atomic E-state index is -0.726. The number of fused-ring (bicyclic) bond motifs is 1. The molecule has 1 N–H and O–H groups in total. The number of aliphatic hydroxyl groups is 1. The van der Waals surface area contributed by atoms with Crippen LogP contribution in [0, 0.1) is 0 Å². The van der Waals surface area contributed by atoms with Crippen molar-refractivity contribution in [1.82, 2.24) is 0 Å². The lowest BCUT2D eigenvalue weighted by atomic mass is 9.91. The minimum Gasteiger partial charge on any atom is -0.388 e. The van der Waals surface area contributed by atoms with E-state index in [4.69, 9.17) is 23.7 Å². The molecule has 6 nitrogen and oxygen atoms in total. The summed E-state index contributed by atoms with van der Waals surface area (Å²) in [5.74, 6) is -1.20. The van der Waals surface area contributed by atoms with E-state index in [-0.39, 0.29) is 24.4 Å². The van der Waals surface area contributed by atoms with Gasteiger partial charge in [-0.25, -0.2) is 0 Å². The molecule has 1 saturated carbocycles. The van der Waals surface area contributed by atoms with Crippen LogP contribution in [-0.2, 0) is 23.7 Å². The standard InChI is InChI=1S/C19H30O6/c1-4-8-12-14(20)16-17(25-19(24-16)9-6-5-7-10-19)15(22-12)13-11-21-18(2,3)23-13/h4,12-17,20H,1,5-11H2,2-3H3/t12?,13-,14+,15+,16?,17-/m1/s1. The summed E-state index contributed by atoms with van der Waals surface area (Å²) in [4.78, 5) is 0. The maximum absolute atomic E-state index is 10.8. The summed E-state index contributed by atoms with van der Waals surface area (Å²) in [6.07, 6.45) is 5.10. The zero-order valence-corrected chi connectivity index (χ0v) is 15.2. The lowest BCUT2D eigenvalue weighted by Crippen LogP contribution is -2.59. The maximum Gasteiger partial charge on any atom is 0.169 e. The molecule has 4 fully saturated rings. The zero-order valence-electron chi connectivity index (χ0n) is 15.2. The van der Waals surface area contributed by atoms with Crippen molar-refractivity contribution in [3.8, 4) is 0 Å². The molecule has 3 heterocycles. The molecular weight excluding hydrogens is 324 g/mol. The van der Waals surface area contributed by atoms with Gasteiger partial charge in [-0.1, -0.05) is 12.5 Å². The summed E-state index contributed by atoms with van der Waals surface area (Å²) in [5.41, 5.74) is 0. The van der Waals surface area contributed by atoms with Gasteiger partial charge in [-0.3, -0.25) is 0 Å². The zero-order chi connectivity index (χ0) is 17.7. The van der Waals surface area contributed by atoms with Crippen LogP contribution in [0.4, 0.5) is 0 Å². The lowest BCUT2D eigenvalue weighted by molar-refractivity contribution is -0.227. The molecular formula is C19H30O6. The van der Waals surface area contributed by atoms with Crippen molar-refractivity contribution in [2.75, 3.05) is 6.61 Å². The second-order valence-corrected chi connectivity index (χ2v) is 8.16. The van der Waals surface area contributed by atoms with Crippen molar-refractivity contribution in [2.24, 2.45) is 0 Å². The van der Waals surface area contributed by atoms with E-state index in [1.807, 2.05) is 13.8 Å². The first-order valence-electron chi connectivity index (χ1n) is 9.55. The Bertz CT molecular complexity index is 500. The molecule has 142 valence electrons. The van der Waals surface area contributed by atoms with Crippen LogP contribution in [0.1, 0.15) is 52.4 Å². The largest absolute Gasteiger partial charge is 0.388 e. The van der Waals surface area contributed by atoms with Gasteiger partial charge in [0.2, 0.25) is 0 Å². The molecule has 25 heavy (non-hydrogen) atoms. The number of aliphatic hydroxyl groups excluding tert-OH is 1. The van der Waals surface area contributed by atoms with Gasteiger partial charge < -0.3 is 28.8 Å². The van der Waals surface area contributed by atoms with Crippen LogP contribution in [0.15, 0.2) is 12.7 Å². The molecule has 6 atom stereocenters. The molecule has 0 bridgehead atoms. The molecule has 0 aromatic carbocycles. The third-order valence-electron chi connectivity index (χ3n) is 5.81. The van der Waals surface area contributed by atoms with E-state index in [2.05, 4.69) is 6.58 Å². The first-order chi connectivity index (χ1) is 11.9. The Morgan fingerprint density at radius 1 is 1.04 bits per heavy atom. The van der Waals surface area contributed by atoms with Crippen LogP contribution in [-0.4, -0.2) is 59.9 Å². The van der Waals surface area contributed by atoms with Gasteiger partial charge in [-0.05, 0) is 33.1 Å². The van der Waals surface area contributed by atoms with E-state index < -0.39 is 23.8 Å². The van der Waals surface area contributed by atoms with Gasteiger partial charge in [0.25, 0.3) is 0 Å². The Morgan fingerprint density at radius 2 is 1.76 bits per heavy atom. The Hall–Kier alpha value is -0.500. The summed E-state index contributed by atoms with van der Waals surface area (Å²) >= 11 is 0. The molecule has 3 aliphatic heterocycles. The quantitative estimate of drug-likeness (QED) is 0.785. The van der Waals surface area contributed by atoms with E-state index in [9.17, 15) is 5.11 Å². The molecule has 1 aliphatic carbocycles. The van der Waals surface area contributed by atoms with Crippen LogP contribution in [0.5, 0.6) is 0 Å². The Balaban J connectivity index is 1.58. The predicted molar refractivity (Wildman–Crippen MR) is 89.9 cm³/mol. The molecule has 0 aromatic rings. The van der Waals surface area contributed by atoms with Crippen LogP contribution < -0.4 is 0 Å². The van der Waals surface area contributed by atoms with Crippen molar-refractivity contribution in [1.29, 1.82) is 0 Å². The van der Waals surface area contributed by atoms with E-state index in [0.717, 1.165) is 25.7 Å². The fourth-order valence-corrected chi connectivity index (χ4v) is 4.61. The van der Waals surface area contributed by atoms with Gasteiger partial charge in [0.15, 0.2) is 11.6 Å². The van der Waals surface area contributed by atoms with Crippen molar-refractivity contribution in [2.45, 2.75) is 101 Å². The molecule has 3 saturated heterocycles. The van der Waals surface area contributed by atoms with Crippen LogP contribution in [0.25, 0.3) is 0 Å². The highest BCUT2D eigenvalue weighted by Crippen LogP contribution is 2.46. The highest BCUT2D eigenvalue weighted by molar-refractivity contribution is 5.04. The lowest BCUT2D eigenvalue weighted by Gasteiger charge is -2.41. The van der Waals surface area contributed by atoms with Gasteiger partial charge in [-0.2, -0.15) is 0 Å². The molecule has 1 spiro atoms. The van der Waals surface area contributed by atoms with E-state index in [1.165, 1.54) is 6.42 Å². The highest BCUT2D eigenvalue weighted by Gasteiger charge is 2.60. The van der Waals surface area contributed by atoms with Crippen LogP contribution in [0.2, 0.25) is 0 Å². The van der Waals surface area contributed by atoms with Gasteiger partial charge in [0, 0.05) is 12.8 Å². The predicted octanol–water partition coefficient (Wildman–Crippen LogP) is 2.29. The average molecular weight is 354 g/mol. The summed E-state index contributed by atoms with van der Waals surface area (Å²) in [5, 5.41) is 10.8. The third-order valence-corrected chi connectivity index (χ3v) is 5.81. The fourth-order valence-electron chi connectivity index (χ4n) is 4.61. The van der Waals surface area contributed by atoms with Crippen LogP contribution in [0.3, 0.4) is 0 Å². The second kappa shape index (κ2) is 6.59. The average Bonchev–Trinajstić information content (AvgIpc) is 3.12. The van der Waals surface area contributed by atoms with Crippen molar-refractivity contribution in [3.63, 3.8) is 0 Å². The van der Waals surface area contributed by atoms with Gasteiger partial charge in [0.05, 0.1) is 12.7 Å². The Kier molecular flexibility index (Phi) is 4.71. The summed E-state index contributed by atoms with van der Waals surface area (Å²) in [6, 6.07) is 0. The normalized spacial score (nSPS) is 45.4. The number of hydrogen-bond acceptors (Lipinski definition) is 6. The second-order valence-electron chi connectivity index (χ2n) is 8.16. The van der Waals surface area contributed by atoms with E-state index in [0.29, 0.717) is 13.0 Å². The molecule has 2 unspecified atom stereocenters. The topological polar surface area (TPSA) is 66.4 Å². The SMILES string of the molecule is C=CCC1O[C@@H]([C@H]2COC(C)(C)O2)[C@H]2OC3(CCCCC3)OC2[C@H]1O. The molecule has 4 aliphatic rings. The first-order valence-corrected chi connectivity index (χ1v) is 9.55. The monoisotopic (exact) mass is 354 g/mol. The molecule has 4 rings (SSSR count). The van der Waals surface area contributed by atoms with Gasteiger partial charge in [0.1, 0.15) is 30.5 Å². The summed E-state index contributed by atoms with van der Waals surface area (Å²) < 4.78 is 30.8. The fraction of sp³-hybridized carbons (Fsp3) is 0.895. The highest BCUT2D eigenvalue weighted by atomic mass is 16.8. The van der Waals surface area contributed by atoms with Crippen LogP contribution >= 0.6 is 0 Å². The summed E-state index contributed by atoms with van der Waals surface area (Å²) in [7, 11) is 0. The van der Waals surface area contributed by atoms with Gasteiger partial charge in [-0.15, -0.1) is 6.58 Å².